The molecule has 0 heterocycles. The van der Waals surface area contributed by atoms with Crippen molar-refractivity contribution in [3.05, 3.63) is 12.2 Å². The lowest BCUT2D eigenvalue weighted by molar-refractivity contribution is -0.140. The van der Waals surface area contributed by atoms with Crippen molar-refractivity contribution in [1.82, 2.24) is 0 Å². The average molecular weight is 393 g/mol. The second-order valence-corrected chi connectivity index (χ2v) is 9.35. The number of ether oxygens (including phenoxy) is 1. The van der Waals surface area contributed by atoms with Gasteiger partial charge in [0.2, 0.25) is 0 Å². The molecule has 0 aromatic rings. The monoisotopic (exact) mass is 392 g/mol. The normalized spacial score (nSPS) is 30.4. The molecule has 0 radical (unpaired) electrons. The van der Waals surface area contributed by atoms with Crippen LogP contribution < -0.4 is 0 Å². The van der Waals surface area contributed by atoms with Crippen LogP contribution in [0.3, 0.4) is 0 Å². The minimum atomic E-state index is -0.625. The van der Waals surface area contributed by atoms with Crippen molar-refractivity contribution in [1.29, 1.82) is 0 Å². The third-order valence-corrected chi connectivity index (χ3v) is 7.42. The fourth-order valence-electron chi connectivity index (χ4n) is 5.46. The highest BCUT2D eigenvalue weighted by atomic mass is 16.5. The Morgan fingerprint density at radius 2 is 1.96 bits per heavy atom. The zero-order valence-electron chi connectivity index (χ0n) is 17.1. The van der Waals surface area contributed by atoms with Crippen molar-refractivity contribution in [3.8, 4) is 0 Å². The standard InChI is InChI=1S/C23H36O5/c1-28-22(27)8-5-3-2-4-7-17-18(21(26)13-20(17)25)9-10-19(24)16-14-23(15-16)11-6-12-23/h9-10,16-19,21,24,26H,2-8,11-15H2,1H3/b10-9+/t17-,18-,19+,21-/m1/s1. The lowest BCUT2D eigenvalue weighted by Crippen LogP contribution is -2.46. The van der Waals surface area contributed by atoms with Gasteiger partial charge in [-0.15, -0.1) is 0 Å². The lowest BCUT2D eigenvalue weighted by Gasteiger charge is -2.55. The Hall–Kier alpha value is -1.20. The van der Waals surface area contributed by atoms with E-state index in [0.717, 1.165) is 44.9 Å². The van der Waals surface area contributed by atoms with Crippen LogP contribution in [0.25, 0.3) is 0 Å². The van der Waals surface area contributed by atoms with E-state index in [1.807, 2.05) is 12.2 Å². The Kier molecular flexibility index (Phi) is 7.32. The number of aliphatic hydroxyl groups excluding tert-OH is 2. The van der Waals surface area contributed by atoms with E-state index in [4.69, 9.17) is 0 Å². The van der Waals surface area contributed by atoms with Crippen molar-refractivity contribution >= 4 is 11.8 Å². The zero-order chi connectivity index (χ0) is 20.1. The third kappa shape index (κ3) is 5.04. The van der Waals surface area contributed by atoms with Crippen molar-refractivity contribution in [3.63, 3.8) is 0 Å². The first-order valence-electron chi connectivity index (χ1n) is 11.1. The minimum absolute atomic E-state index is 0.140. The Morgan fingerprint density at radius 1 is 1.25 bits per heavy atom. The van der Waals surface area contributed by atoms with Crippen LogP contribution in [0.15, 0.2) is 12.2 Å². The molecule has 3 aliphatic carbocycles. The third-order valence-electron chi connectivity index (χ3n) is 7.42. The molecule has 5 nitrogen and oxygen atoms in total. The summed E-state index contributed by atoms with van der Waals surface area (Å²) in [6.07, 6.45) is 14.0. The summed E-state index contributed by atoms with van der Waals surface area (Å²) in [6.45, 7) is 0. The molecule has 3 aliphatic rings. The van der Waals surface area contributed by atoms with E-state index < -0.39 is 12.2 Å². The highest BCUT2D eigenvalue weighted by Crippen LogP contribution is 2.59. The fourth-order valence-corrected chi connectivity index (χ4v) is 5.46. The van der Waals surface area contributed by atoms with E-state index in [-0.39, 0.29) is 30.0 Å². The lowest BCUT2D eigenvalue weighted by atomic mass is 9.51. The van der Waals surface area contributed by atoms with Gasteiger partial charge in [-0.1, -0.05) is 37.8 Å². The van der Waals surface area contributed by atoms with Gasteiger partial charge in [0.1, 0.15) is 5.78 Å². The van der Waals surface area contributed by atoms with E-state index in [1.54, 1.807) is 0 Å². The summed E-state index contributed by atoms with van der Waals surface area (Å²) < 4.78 is 4.63. The Bertz CT molecular complexity index is 572. The van der Waals surface area contributed by atoms with E-state index in [9.17, 15) is 19.8 Å². The Labute approximate surface area is 168 Å². The molecule has 4 atom stereocenters. The molecule has 0 aromatic carbocycles. The number of rotatable bonds is 10. The molecule has 0 bridgehead atoms. The van der Waals surface area contributed by atoms with Gasteiger partial charge in [-0.25, -0.2) is 0 Å². The topological polar surface area (TPSA) is 83.8 Å². The number of hydrogen-bond donors (Lipinski definition) is 2. The Balaban J connectivity index is 1.40. The highest BCUT2D eigenvalue weighted by Gasteiger charge is 2.49. The maximum Gasteiger partial charge on any atom is 0.305 e. The summed E-state index contributed by atoms with van der Waals surface area (Å²) in [4.78, 5) is 23.4. The number of hydrogen-bond acceptors (Lipinski definition) is 5. The molecule has 3 fully saturated rings. The first-order valence-corrected chi connectivity index (χ1v) is 11.1. The van der Waals surface area contributed by atoms with Crippen LogP contribution in [0, 0.1) is 23.2 Å². The van der Waals surface area contributed by atoms with Crippen molar-refractivity contribution in [2.75, 3.05) is 7.11 Å². The molecule has 3 rings (SSSR count). The van der Waals surface area contributed by atoms with Gasteiger partial charge in [0, 0.05) is 24.7 Å². The van der Waals surface area contributed by atoms with E-state index in [2.05, 4.69) is 4.74 Å². The summed E-state index contributed by atoms with van der Waals surface area (Å²) in [5, 5.41) is 20.8. The van der Waals surface area contributed by atoms with Gasteiger partial charge < -0.3 is 14.9 Å². The average Bonchev–Trinajstić information content (AvgIpc) is 2.86. The van der Waals surface area contributed by atoms with Crippen LogP contribution in [-0.2, 0) is 14.3 Å². The second-order valence-electron chi connectivity index (χ2n) is 9.35. The quantitative estimate of drug-likeness (QED) is 0.337. The van der Waals surface area contributed by atoms with Gasteiger partial charge in [-0.3, -0.25) is 9.59 Å². The van der Waals surface area contributed by atoms with Crippen molar-refractivity contribution < 1.29 is 24.5 Å². The summed E-state index contributed by atoms with van der Waals surface area (Å²) in [6, 6.07) is 0. The van der Waals surface area contributed by atoms with Crippen LogP contribution in [0.2, 0.25) is 0 Å². The van der Waals surface area contributed by atoms with Gasteiger partial charge in [-0.2, -0.15) is 0 Å². The van der Waals surface area contributed by atoms with E-state index >= 15 is 0 Å². The zero-order valence-corrected chi connectivity index (χ0v) is 17.1. The van der Waals surface area contributed by atoms with Gasteiger partial charge in [0.05, 0.1) is 19.3 Å². The first-order chi connectivity index (χ1) is 13.4. The van der Waals surface area contributed by atoms with Gasteiger partial charge in [-0.05, 0) is 49.9 Å². The fraction of sp³-hybridized carbons (Fsp3) is 0.826. The number of carbonyl (C=O) groups excluding carboxylic acids is 2. The molecule has 0 aliphatic heterocycles. The summed E-state index contributed by atoms with van der Waals surface area (Å²) >= 11 is 0. The maximum atomic E-state index is 12.3. The van der Waals surface area contributed by atoms with Gasteiger partial charge in [0.25, 0.3) is 0 Å². The van der Waals surface area contributed by atoms with E-state index in [0.29, 0.717) is 17.8 Å². The molecule has 0 aromatic heterocycles. The van der Waals surface area contributed by atoms with Gasteiger partial charge >= 0.3 is 5.97 Å². The van der Waals surface area contributed by atoms with Crippen molar-refractivity contribution in [2.24, 2.45) is 23.2 Å². The maximum absolute atomic E-state index is 12.3. The molecule has 0 amide bonds. The smallest absolute Gasteiger partial charge is 0.305 e. The van der Waals surface area contributed by atoms with Crippen LogP contribution in [0.1, 0.15) is 77.0 Å². The SMILES string of the molecule is COC(=O)CCCCCC[C@H]1C(=O)C[C@@H](O)[C@@H]1/C=C/[C@H](O)C1CC2(CCC2)C1. The molecule has 3 saturated carbocycles. The van der Waals surface area contributed by atoms with Crippen LogP contribution in [0.4, 0.5) is 0 Å². The number of esters is 1. The summed E-state index contributed by atoms with van der Waals surface area (Å²) in [5.41, 5.74) is 0.540. The molecule has 0 saturated heterocycles. The summed E-state index contributed by atoms with van der Waals surface area (Å²) in [7, 11) is 1.40. The molecule has 158 valence electrons. The van der Waals surface area contributed by atoms with Crippen LogP contribution in [0.5, 0.6) is 0 Å². The molecule has 5 heteroatoms. The number of unbranched alkanes of at least 4 members (excludes halogenated alkanes) is 3. The minimum Gasteiger partial charge on any atom is -0.469 e. The number of carbonyl (C=O) groups is 2. The molecule has 28 heavy (non-hydrogen) atoms. The molecular weight excluding hydrogens is 356 g/mol. The predicted octanol–water partition coefficient (Wildman–Crippen LogP) is 3.56. The predicted molar refractivity (Wildman–Crippen MR) is 106 cm³/mol. The second kappa shape index (κ2) is 9.53. The molecule has 2 N–H and O–H groups in total. The van der Waals surface area contributed by atoms with Gasteiger partial charge in [0.15, 0.2) is 0 Å². The number of ketones is 1. The number of Topliss-reactive ketones (excluding diaryl/α,β-unsaturated/α-hetero) is 1. The molecule has 1 spiro atoms. The number of methoxy groups -OCH3 is 1. The van der Waals surface area contributed by atoms with Crippen LogP contribution in [-0.4, -0.2) is 41.3 Å². The molecular formula is C23H36O5. The Morgan fingerprint density at radius 3 is 2.61 bits per heavy atom. The molecule has 0 unspecified atom stereocenters. The number of aliphatic hydroxyl groups is 2. The van der Waals surface area contributed by atoms with E-state index in [1.165, 1.54) is 26.4 Å². The highest BCUT2D eigenvalue weighted by molar-refractivity contribution is 5.84. The van der Waals surface area contributed by atoms with Crippen molar-refractivity contribution in [2.45, 2.75) is 89.3 Å². The van der Waals surface area contributed by atoms with Crippen LogP contribution >= 0.6 is 0 Å². The largest absolute Gasteiger partial charge is 0.469 e. The summed E-state index contributed by atoms with van der Waals surface area (Å²) in [5.74, 6) is 0.00301. The first kappa shape index (κ1) is 21.5.